The van der Waals surface area contributed by atoms with Gasteiger partial charge in [0.15, 0.2) is 5.82 Å². The van der Waals surface area contributed by atoms with Gasteiger partial charge in [-0.15, -0.1) is 0 Å². The lowest BCUT2D eigenvalue weighted by atomic mass is 10.2. The molecule has 3 N–H and O–H groups in total. The summed E-state index contributed by atoms with van der Waals surface area (Å²) in [4.78, 5) is 49.6. The fraction of sp³-hybridized carbons (Fsp3) is 0.296. The van der Waals surface area contributed by atoms with Crippen molar-refractivity contribution >= 4 is 35.0 Å². The van der Waals surface area contributed by atoms with Gasteiger partial charge < -0.3 is 30.5 Å². The van der Waals surface area contributed by atoms with E-state index < -0.39 is 11.8 Å². The number of anilines is 3. The topological polar surface area (TPSA) is 129 Å². The van der Waals surface area contributed by atoms with Crippen molar-refractivity contribution in [2.75, 3.05) is 61.9 Å². The predicted molar refractivity (Wildman–Crippen MR) is 145 cm³/mol. The fourth-order valence-electron chi connectivity index (χ4n) is 4.10. The van der Waals surface area contributed by atoms with Crippen molar-refractivity contribution in [1.29, 1.82) is 0 Å². The lowest BCUT2D eigenvalue weighted by molar-refractivity contribution is -0.143. The van der Waals surface area contributed by atoms with Crippen LogP contribution in [0.25, 0.3) is 11.4 Å². The number of nitrogens with one attached hydrogen (secondary N) is 3. The number of nitrogens with zero attached hydrogens (tertiary/aromatic N) is 4. The van der Waals surface area contributed by atoms with Crippen molar-refractivity contribution in [1.82, 2.24) is 20.2 Å². The van der Waals surface area contributed by atoms with E-state index in [2.05, 4.69) is 30.8 Å². The molecule has 0 spiro atoms. The molecule has 2 aromatic carbocycles. The molecule has 11 nitrogen and oxygen atoms in total. The summed E-state index contributed by atoms with van der Waals surface area (Å²) in [5.74, 6) is 0.300. The number of para-hydroxylation sites is 2. The summed E-state index contributed by atoms with van der Waals surface area (Å²) < 4.78 is 5.45. The number of aromatic nitrogens is 2. The zero-order valence-electron chi connectivity index (χ0n) is 21.4. The van der Waals surface area contributed by atoms with Crippen LogP contribution in [0.1, 0.15) is 6.92 Å². The largest absolute Gasteiger partial charge is 0.495 e. The molecule has 1 fully saturated rings. The van der Waals surface area contributed by atoms with Gasteiger partial charge >= 0.3 is 11.8 Å². The minimum atomic E-state index is -0.766. The van der Waals surface area contributed by atoms with Gasteiger partial charge in [0, 0.05) is 57.8 Å². The maximum atomic E-state index is 13.0. The molecule has 0 aliphatic carbocycles. The number of amides is 3. The van der Waals surface area contributed by atoms with E-state index in [1.807, 2.05) is 54.6 Å². The molecule has 11 heteroatoms. The summed E-state index contributed by atoms with van der Waals surface area (Å²) in [6.07, 6.45) is 0. The first-order valence-electron chi connectivity index (χ1n) is 12.4. The summed E-state index contributed by atoms with van der Waals surface area (Å²) in [5, 5.41) is 8.46. The van der Waals surface area contributed by atoms with Crippen LogP contribution in [-0.2, 0) is 14.4 Å². The highest BCUT2D eigenvalue weighted by molar-refractivity contribution is 6.39. The molecule has 38 heavy (non-hydrogen) atoms. The smallest absolute Gasteiger partial charge is 0.315 e. The zero-order valence-corrected chi connectivity index (χ0v) is 21.4. The molecule has 3 aromatic rings. The Morgan fingerprint density at radius 1 is 0.895 bits per heavy atom. The van der Waals surface area contributed by atoms with E-state index in [9.17, 15) is 14.4 Å². The summed E-state index contributed by atoms with van der Waals surface area (Å²) in [6.45, 7) is 4.23. The van der Waals surface area contributed by atoms with E-state index in [1.165, 1.54) is 11.8 Å². The molecule has 0 saturated carbocycles. The number of rotatable bonds is 8. The van der Waals surface area contributed by atoms with Gasteiger partial charge in [-0.1, -0.05) is 42.5 Å². The molecule has 1 saturated heterocycles. The van der Waals surface area contributed by atoms with Gasteiger partial charge in [0.25, 0.3) is 0 Å². The normalized spacial score (nSPS) is 13.0. The Morgan fingerprint density at radius 3 is 2.29 bits per heavy atom. The van der Waals surface area contributed by atoms with Crippen LogP contribution < -0.4 is 25.6 Å². The van der Waals surface area contributed by atoms with Crippen LogP contribution in [0.2, 0.25) is 0 Å². The van der Waals surface area contributed by atoms with Gasteiger partial charge in [0.1, 0.15) is 17.4 Å². The second-order valence-electron chi connectivity index (χ2n) is 8.64. The highest BCUT2D eigenvalue weighted by Gasteiger charge is 2.27. The van der Waals surface area contributed by atoms with Crippen molar-refractivity contribution < 1.29 is 19.1 Å². The molecule has 4 rings (SSSR count). The second-order valence-corrected chi connectivity index (χ2v) is 8.64. The number of carbonyl (C=O) groups is 3. The molecule has 1 aromatic heterocycles. The Morgan fingerprint density at radius 2 is 1.58 bits per heavy atom. The molecule has 0 bridgehead atoms. The summed E-state index contributed by atoms with van der Waals surface area (Å²) in [7, 11) is 1.63. The third kappa shape index (κ3) is 6.75. The molecular weight excluding hydrogens is 486 g/mol. The van der Waals surface area contributed by atoms with Gasteiger partial charge in [-0.25, -0.2) is 9.97 Å². The average Bonchev–Trinajstić information content (AvgIpc) is 2.95. The summed E-state index contributed by atoms with van der Waals surface area (Å²) in [6, 6.07) is 18.6. The Kier molecular flexibility index (Phi) is 8.70. The number of hydrogen-bond acceptors (Lipinski definition) is 8. The molecule has 3 amide bonds. The summed E-state index contributed by atoms with van der Waals surface area (Å²) in [5.41, 5.74) is 1.71. The average molecular weight is 518 g/mol. The molecule has 1 aliphatic rings. The van der Waals surface area contributed by atoms with Crippen molar-refractivity contribution in [2.24, 2.45) is 0 Å². The number of hydrogen-bond donors (Lipinski definition) is 3. The molecule has 1 aliphatic heterocycles. The minimum Gasteiger partial charge on any atom is -0.495 e. The SMILES string of the molecule is COc1ccccc1N1CCN(C(=O)C(=O)Nc2cc(NCCNC(C)=O)nc(-c3ccccc3)n2)CC1. The maximum absolute atomic E-state index is 13.0. The van der Waals surface area contributed by atoms with Crippen LogP contribution in [-0.4, -0.2) is 79.0 Å². The third-order valence-corrected chi connectivity index (χ3v) is 5.99. The van der Waals surface area contributed by atoms with E-state index in [0.29, 0.717) is 50.9 Å². The Bertz CT molecular complexity index is 1280. The highest BCUT2D eigenvalue weighted by Crippen LogP contribution is 2.28. The van der Waals surface area contributed by atoms with E-state index in [1.54, 1.807) is 13.2 Å². The standard InChI is InChI=1S/C27H31N7O4/c1-19(35)28-12-13-29-23-18-24(31-25(30-23)20-8-4-3-5-9-20)32-26(36)27(37)34-16-14-33(15-17-34)21-10-6-7-11-22(21)38-2/h3-11,18H,12-17H2,1-2H3,(H,28,35)(H2,29,30,31,32,36). The maximum Gasteiger partial charge on any atom is 0.315 e. The van der Waals surface area contributed by atoms with Crippen LogP contribution in [0.3, 0.4) is 0 Å². The van der Waals surface area contributed by atoms with E-state index in [0.717, 1.165) is 17.0 Å². The second kappa shape index (κ2) is 12.5. The van der Waals surface area contributed by atoms with Crippen LogP contribution in [0.4, 0.5) is 17.3 Å². The quantitative estimate of drug-likeness (QED) is 0.306. The minimum absolute atomic E-state index is 0.130. The van der Waals surface area contributed by atoms with Gasteiger partial charge in [-0.2, -0.15) is 0 Å². The number of piperazine rings is 1. The summed E-state index contributed by atoms with van der Waals surface area (Å²) >= 11 is 0. The first-order chi connectivity index (χ1) is 18.4. The first kappa shape index (κ1) is 26.4. The van der Waals surface area contributed by atoms with Crippen LogP contribution >= 0.6 is 0 Å². The van der Waals surface area contributed by atoms with E-state index >= 15 is 0 Å². The van der Waals surface area contributed by atoms with E-state index in [4.69, 9.17) is 4.74 Å². The Labute approximate surface area is 221 Å². The fourth-order valence-corrected chi connectivity index (χ4v) is 4.10. The van der Waals surface area contributed by atoms with Gasteiger partial charge in [0.05, 0.1) is 12.8 Å². The molecule has 0 atom stereocenters. The van der Waals surface area contributed by atoms with Gasteiger partial charge in [0.2, 0.25) is 5.91 Å². The van der Waals surface area contributed by atoms with Crippen LogP contribution in [0.5, 0.6) is 5.75 Å². The van der Waals surface area contributed by atoms with Crippen molar-refractivity contribution in [3.05, 3.63) is 60.7 Å². The lowest BCUT2D eigenvalue weighted by Gasteiger charge is -2.36. The number of ether oxygens (including phenoxy) is 1. The first-order valence-corrected chi connectivity index (χ1v) is 12.4. The van der Waals surface area contributed by atoms with Crippen molar-refractivity contribution in [3.8, 4) is 17.1 Å². The Balaban J connectivity index is 1.42. The molecule has 2 heterocycles. The number of benzene rings is 2. The zero-order chi connectivity index (χ0) is 26.9. The number of carbonyl (C=O) groups excluding carboxylic acids is 3. The van der Waals surface area contributed by atoms with Gasteiger partial charge in [-0.3, -0.25) is 14.4 Å². The molecule has 198 valence electrons. The third-order valence-electron chi connectivity index (χ3n) is 5.99. The van der Waals surface area contributed by atoms with Gasteiger partial charge in [-0.05, 0) is 12.1 Å². The molecule has 0 radical (unpaired) electrons. The predicted octanol–water partition coefficient (Wildman–Crippen LogP) is 1.99. The van der Waals surface area contributed by atoms with E-state index in [-0.39, 0.29) is 11.7 Å². The van der Waals surface area contributed by atoms with Crippen molar-refractivity contribution in [2.45, 2.75) is 6.92 Å². The van der Waals surface area contributed by atoms with Crippen LogP contribution in [0.15, 0.2) is 60.7 Å². The lowest BCUT2D eigenvalue weighted by Crippen LogP contribution is -2.51. The van der Waals surface area contributed by atoms with Crippen molar-refractivity contribution in [3.63, 3.8) is 0 Å². The molecule has 0 unspecified atom stereocenters. The monoisotopic (exact) mass is 517 g/mol. The van der Waals surface area contributed by atoms with Crippen LogP contribution in [0, 0.1) is 0 Å². The highest BCUT2D eigenvalue weighted by atomic mass is 16.5. The Hall–Kier alpha value is -4.67. The molecular formula is C27H31N7O4. The number of methoxy groups -OCH3 is 1.